The Hall–Kier alpha value is -1.35. The molecule has 0 saturated heterocycles. The molecule has 0 bridgehead atoms. The van der Waals surface area contributed by atoms with Crippen molar-refractivity contribution in [2.45, 2.75) is 26.4 Å². The van der Waals surface area contributed by atoms with Crippen molar-refractivity contribution in [1.82, 2.24) is 0 Å². The lowest BCUT2D eigenvalue weighted by molar-refractivity contribution is -0.156. The van der Waals surface area contributed by atoms with Crippen molar-refractivity contribution >= 4 is 5.97 Å². The van der Waals surface area contributed by atoms with Crippen molar-refractivity contribution in [2.24, 2.45) is 5.92 Å². The lowest BCUT2D eigenvalue weighted by Crippen LogP contribution is -2.19. The molecule has 0 spiro atoms. The number of carbonyl (C=O) groups excluding carboxylic acids is 1. The number of aliphatic hydroxyl groups excluding tert-OH is 1. The molecule has 2 unspecified atom stereocenters. The highest BCUT2D eigenvalue weighted by molar-refractivity contribution is 5.72. The highest BCUT2D eigenvalue weighted by Gasteiger charge is 2.19. The van der Waals surface area contributed by atoms with Crippen molar-refractivity contribution in [1.29, 1.82) is 0 Å². The van der Waals surface area contributed by atoms with E-state index in [9.17, 15) is 9.90 Å². The molecule has 0 aliphatic rings. The summed E-state index contributed by atoms with van der Waals surface area (Å²) in [5.41, 5.74) is 0.821. The molecule has 2 atom stereocenters. The normalized spacial score (nSPS) is 14.2. The van der Waals surface area contributed by atoms with Crippen LogP contribution in [0.25, 0.3) is 0 Å². The lowest BCUT2D eigenvalue weighted by Gasteiger charge is -2.18. The monoisotopic (exact) mass is 222 g/mol. The molecule has 16 heavy (non-hydrogen) atoms. The van der Waals surface area contributed by atoms with Gasteiger partial charge in [0.15, 0.2) is 0 Å². The zero-order chi connectivity index (χ0) is 12.0. The number of esters is 1. The van der Waals surface area contributed by atoms with Gasteiger partial charge >= 0.3 is 5.97 Å². The standard InChI is InChI=1S/C13H18O3/c1-3-10(2)13(15)16-12(9-14)11-7-5-4-6-8-11/h4-8,10,12,14H,3,9H2,1-2H3. The van der Waals surface area contributed by atoms with Crippen molar-refractivity contribution in [3.8, 4) is 0 Å². The maximum absolute atomic E-state index is 11.6. The number of ether oxygens (including phenoxy) is 1. The largest absolute Gasteiger partial charge is 0.455 e. The van der Waals surface area contributed by atoms with E-state index in [1.165, 1.54) is 0 Å². The number of benzene rings is 1. The molecular formula is C13H18O3. The third kappa shape index (κ3) is 3.35. The van der Waals surface area contributed by atoms with Gasteiger partial charge in [-0.2, -0.15) is 0 Å². The molecule has 3 heteroatoms. The van der Waals surface area contributed by atoms with Crippen LogP contribution in [-0.2, 0) is 9.53 Å². The third-order valence-corrected chi connectivity index (χ3v) is 2.61. The molecule has 0 amide bonds. The molecule has 3 nitrogen and oxygen atoms in total. The Morgan fingerprint density at radius 3 is 2.50 bits per heavy atom. The summed E-state index contributed by atoms with van der Waals surface area (Å²) in [4.78, 5) is 11.6. The summed E-state index contributed by atoms with van der Waals surface area (Å²) >= 11 is 0. The van der Waals surface area contributed by atoms with Crippen molar-refractivity contribution in [3.63, 3.8) is 0 Å². The summed E-state index contributed by atoms with van der Waals surface area (Å²) in [5.74, 6) is -0.386. The molecule has 1 rings (SSSR count). The van der Waals surface area contributed by atoms with E-state index in [2.05, 4.69) is 0 Å². The van der Waals surface area contributed by atoms with E-state index in [0.29, 0.717) is 0 Å². The van der Waals surface area contributed by atoms with Gasteiger partial charge in [-0.25, -0.2) is 0 Å². The van der Waals surface area contributed by atoms with Crippen LogP contribution in [0.15, 0.2) is 30.3 Å². The summed E-state index contributed by atoms with van der Waals surface area (Å²) in [6, 6.07) is 9.27. The molecule has 0 aliphatic carbocycles. The molecular weight excluding hydrogens is 204 g/mol. The maximum Gasteiger partial charge on any atom is 0.309 e. The summed E-state index contributed by atoms with van der Waals surface area (Å²) in [6.45, 7) is 3.57. The van der Waals surface area contributed by atoms with Gasteiger partial charge in [-0.1, -0.05) is 44.2 Å². The zero-order valence-electron chi connectivity index (χ0n) is 9.72. The summed E-state index contributed by atoms with van der Waals surface area (Å²) in [7, 11) is 0. The van der Waals surface area contributed by atoms with Crippen LogP contribution in [-0.4, -0.2) is 17.7 Å². The molecule has 0 heterocycles. The summed E-state index contributed by atoms with van der Waals surface area (Å²) in [6.07, 6.45) is 0.189. The SMILES string of the molecule is CCC(C)C(=O)OC(CO)c1ccccc1. The second-order valence-electron chi connectivity index (χ2n) is 3.83. The van der Waals surface area contributed by atoms with Gasteiger partial charge in [0.25, 0.3) is 0 Å². The van der Waals surface area contributed by atoms with Gasteiger partial charge in [-0.3, -0.25) is 4.79 Å². The van der Waals surface area contributed by atoms with Crippen molar-refractivity contribution in [2.75, 3.05) is 6.61 Å². The van der Waals surface area contributed by atoms with Crippen LogP contribution in [0.4, 0.5) is 0 Å². The fourth-order valence-electron chi connectivity index (χ4n) is 1.30. The fourth-order valence-corrected chi connectivity index (χ4v) is 1.30. The Balaban J connectivity index is 2.66. The molecule has 0 aliphatic heterocycles. The van der Waals surface area contributed by atoms with E-state index in [1.54, 1.807) is 0 Å². The lowest BCUT2D eigenvalue weighted by atomic mass is 10.1. The van der Waals surface area contributed by atoms with Gasteiger partial charge in [0.2, 0.25) is 0 Å². The van der Waals surface area contributed by atoms with Crippen LogP contribution in [0.3, 0.4) is 0 Å². The Labute approximate surface area is 96.1 Å². The number of carbonyl (C=O) groups is 1. The first-order chi connectivity index (χ1) is 7.69. The van der Waals surface area contributed by atoms with E-state index in [4.69, 9.17) is 4.74 Å². The minimum atomic E-state index is -0.553. The predicted molar refractivity (Wildman–Crippen MR) is 61.8 cm³/mol. The first-order valence-corrected chi connectivity index (χ1v) is 5.55. The molecule has 1 aromatic rings. The quantitative estimate of drug-likeness (QED) is 0.778. The molecule has 0 fully saturated rings. The smallest absolute Gasteiger partial charge is 0.309 e. The Bertz CT molecular complexity index is 321. The van der Waals surface area contributed by atoms with Gasteiger partial charge in [0.1, 0.15) is 6.10 Å². The van der Waals surface area contributed by atoms with Crippen LogP contribution in [0.2, 0.25) is 0 Å². The topological polar surface area (TPSA) is 46.5 Å². The Kier molecular flexibility index (Phi) is 4.99. The number of hydrogen-bond acceptors (Lipinski definition) is 3. The van der Waals surface area contributed by atoms with E-state index < -0.39 is 6.10 Å². The van der Waals surface area contributed by atoms with Crippen molar-refractivity contribution in [3.05, 3.63) is 35.9 Å². The second-order valence-corrected chi connectivity index (χ2v) is 3.83. The fraction of sp³-hybridized carbons (Fsp3) is 0.462. The van der Waals surface area contributed by atoms with Gasteiger partial charge in [0, 0.05) is 0 Å². The third-order valence-electron chi connectivity index (χ3n) is 2.61. The first-order valence-electron chi connectivity index (χ1n) is 5.55. The van der Waals surface area contributed by atoms with Crippen molar-refractivity contribution < 1.29 is 14.6 Å². The molecule has 0 radical (unpaired) electrons. The molecule has 0 aromatic heterocycles. The van der Waals surface area contributed by atoms with Gasteiger partial charge in [-0.05, 0) is 12.0 Å². The van der Waals surface area contributed by atoms with Crippen LogP contribution in [0.1, 0.15) is 31.9 Å². The minimum absolute atomic E-state index is 0.127. The molecule has 1 N–H and O–H groups in total. The van der Waals surface area contributed by atoms with Crippen LogP contribution >= 0.6 is 0 Å². The summed E-state index contributed by atoms with van der Waals surface area (Å²) in [5, 5.41) is 9.21. The number of aliphatic hydroxyl groups is 1. The first kappa shape index (κ1) is 12.7. The van der Waals surface area contributed by atoms with Crippen LogP contribution in [0.5, 0.6) is 0 Å². The molecule has 0 saturated carbocycles. The highest BCUT2D eigenvalue weighted by atomic mass is 16.6. The predicted octanol–water partition coefficient (Wildman–Crippen LogP) is 2.31. The van der Waals surface area contributed by atoms with E-state index >= 15 is 0 Å². The average molecular weight is 222 g/mol. The zero-order valence-corrected chi connectivity index (χ0v) is 9.72. The Morgan fingerprint density at radius 2 is 2.00 bits per heavy atom. The van der Waals surface area contributed by atoms with E-state index in [0.717, 1.165) is 12.0 Å². The van der Waals surface area contributed by atoms with Gasteiger partial charge in [-0.15, -0.1) is 0 Å². The van der Waals surface area contributed by atoms with E-state index in [1.807, 2.05) is 44.2 Å². The van der Waals surface area contributed by atoms with Gasteiger partial charge in [0.05, 0.1) is 12.5 Å². The van der Waals surface area contributed by atoms with Crippen LogP contribution < -0.4 is 0 Å². The second kappa shape index (κ2) is 6.28. The van der Waals surface area contributed by atoms with E-state index in [-0.39, 0.29) is 18.5 Å². The van der Waals surface area contributed by atoms with Gasteiger partial charge < -0.3 is 9.84 Å². The highest BCUT2D eigenvalue weighted by Crippen LogP contribution is 2.18. The number of rotatable bonds is 5. The maximum atomic E-state index is 11.6. The number of hydrogen-bond donors (Lipinski definition) is 1. The minimum Gasteiger partial charge on any atom is -0.455 e. The molecule has 1 aromatic carbocycles. The average Bonchev–Trinajstić information content (AvgIpc) is 2.35. The van der Waals surface area contributed by atoms with Crippen LogP contribution in [0, 0.1) is 5.92 Å². The summed E-state index contributed by atoms with van der Waals surface area (Å²) < 4.78 is 5.25. The Morgan fingerprint density at radius 1 is 1.38 bits per heavy atom. The molecule has 88 valence electrons.